The normalized spacial score (nSPS) is 16.0. The Morgan fingerprint density at radius 3 is 2.56 bits per heavy atom. The largest absolute Gasteiger partial charge is 0.492 e. The van der Waals surface area contributed by atoms with E-state index < -0.39 is 10.0 Å². The summed E-state index contributed by atoms with van der Waals surface area (Å²) in [5, 5.41) is 9.06. The molecule has 2 N–H and O–H groups in total. The zero-order chi connectivity index (χ0) is 18.9. The number of likely N-dealkylation sites (tertiary alicyclic amines) is 1. The predicted octanol–water partition coefficient (Wildman–Crippen LogP) is 1.97. The van der Waals surface area contributed by atoms with Crippen LogP contribution in [0.5, 0.6) is 5.75 Å². The lowest BCUT2D eigenvalue weighted by atomic mass is 10.1. The smallest absolute Gasteiger partial charge is 0.267 e. The molecule has 8 nitrogen and oxygen atoms in total. The molecule has 4 rings (SSSR count). The molecular formula is C17H21N5O3S2. The second-order valence-electron chi connectivity index (χ2n) is 6.54. The Labute approximate surface area is 161 Å². The third kappa shape index (κ3) is 4.29. The first kappa shape index (κ1) is 18.4. The number of ether oxygens (including phenoxy) is 1. The molecule has 0 unspecified atom stereocenters. The van der Waals surface area contributed by atoms with E-state index in [-0.39, 0.29) is 4.34 Å². The van der Waals surface area contributed by atoms with Crippen LogP contribution in [0.4, 0.5) is 0 Å². The number of imidazole rings is 1. The Bertz CT molecular complexity index is 989. The van der Waals surface area contributed by atoms with Crippen LogP contribution in [0.2, 0.25) is 0 Å². The summed E-state index contributed by atoms with van der Waals surface area (Å²) in [5.74, 6) is 0.825. The molecule has 144 valence electrons. The highest BCUT2D eigenvalue weighted by Gasteiger charge is 2.17. The summed E-state index contributed by atoms with van der Waals surface area (Å²) in [6.07, 6.45) is 5.59. The Kier molecular flexibility index (Phi) is 5.13. The number of primary sulfonamides is 1. The Balaban J connectivity index is 1.39. The first-order valence-electron chi connectivity index (χ1n) is 8.84. The van der Waals surface area contributed by atoms with Crippen molar-refractivity contribution in [1.29, 1.82) is 0 Å². The first-order chi connectivity index (χ1) is 13.0. The number of rotatable bonds is 6. The lowest BCUT2D eigenvalue weighted by Gasteiger charge is -2.26. The third-order valence-electron chi connectivity index (χ3n) is 4.54. The molecule has 0 atom stereocenters. The van der Waals surface area contributed by atoms with Gasteiger partial charge in [0.2, 0.25) is 9.30 Å². The number of nitrogens with zero attached hydrogens (tertiary/aromatic N) is 4. The van der Waals surface area contributed by atoms with Crippen molar-refractivity contribution in [2.24, 2.45) is 5.14 Å². The van der Waals surface area contributed by atoms with Gasteiger partial charge in [-0.1, -0.05) is 17.8 Å². The van der Waals surface area contributed by atoms with Gasteiger partial charge in [-0.15, -0.1) is 5.10 Å². The molecule has 3 heterocycles. The lowest BCUT2D eigenvalue weighted by Crippen LogP contribution is -2.33. The van der Waals surface area contributed by atoms with E-state index in [1.54, 1.807) is 6.20 Å². The standard InChI is InChI=1S/C17H21N5O3S2/c18-27(23,24)17-20-22-12-15(19-16(22)26-17)13-4-6-14(7-5-13)25-11-10-21-8-2-1-3-9-21/h4-7,12H,1-3,8-11H2,(H2,18,23,24). The molecular weight excluding hydrogens is 386 g/mol. The van der Waals surface area contributed by atoms with E-state index in [2.05, 4.69) is 15.0 Å². The summed E-state index contributed by atoms with van der Waals surface area (Å²) in [6.45, 7) is 3.97. The fourth-order valence-electron chi connectivity index (χ4n) is 3.13. The van der Waals surface area contributed by atoms with Crippen LogP contribution in [0.1, 0.15) is 19.3 Å². The van der Waals surface area contributed by atoms with E-state index in [1.807, 2.05) is 24.3 Å². The molecule has 1 saturated heterocycles. The molecule has 0 radical (unpaired) electrons. The van der Waals surface area contributed by atoms with Gasteiger partial charge in [0.05, 0.1) is 11.9 Å². The predicted molar refractivity (Wildman–Crippen MR) is 103 cm³/mol. The lowest BCUT2D eigenvalue weighted by molar-refractivity contribution is 0.183. The number of benzene rings is 1. The van der Waals surface area contributed by atoms with E-state index in [9.17, 15) is 8.42 Å². The van der Waals surface area contributed by atoms with Gasteiger partial charge in [0.1, 0.15) is 12.4 Å². The van der Waals surface area contributed by atoms with Gasteiger partial charge in [-0.25, -0.2) is 23.1 Å². The first-order valence-corrected chi connectivity index (χ1v) is 11.2. The summed E-state index contributed by atoms with van der Waals surface area (Å²) >= 11 is 0.946. The van der Waals surface area contributed by atoms with Crippen LogP contribution < -0.4 is 9.88 Å². The Morgan fingerprint density at radius 2 is 1.89 bits per heavy atom. The van der Waals surface area contributed by atoms with E-state index in [0.717, 1.165) is 34.9 Å². The summed E-state index contributed by atoms with van der Waals surface area (Å²) in [6, 6.07) is 7.71. The number of hydrogen-bond acceptors (Lipinski definition) is 7. The minimum Gasteiger partial charge on any atom is -0.492 e. The highest BCUT2D eigenvalue weighted by Crippen LogP contribution is 2.25. The van der Waals surface area contributed by atoms with Crippen LogP contribution in [0.25, 0.3) is 16.2 Å². The van der Waals surface area contributed by atoms with Gasteiger partial charge < -0.3 is 4.74 Å². The maximum atomic E-state index is 11.3. The topological polar surface area (TPSA) is 103 Å². The molecule has 10 heteroatoms. The van der Waals surface area contributed by atoms with Gasteiger partial charge >= 0.3 is 0 Å². The molecule has 1 aliphatic heterocycles. The van der Waals surface area contributed by atoms with Gasteiger partial charge in [0.25, 0.3) is 10.0 Å². The monoisotopic (exact) mass is 407 g/mol. The van der Waals surface area contributed by atoms with Crippen molar-refractivity contribution in [3.8, 4) is 17.0 Å². The van der Waals surface area contributed by atoms with Crippen LogP contribution in [-0.4, -0.2) is 54.2 Å². The minimum absolute atomic E-state index is 0.144. The molecule has 27 heavy (non-hydrogen) atoms. The molecule has 3 aromatic rings. The number of fused-ring (bicyclic) bond motifs is 1. The van der Waals surface area contributed by atoms with Crippen molar-refractivity contribution in [3.63, 3.8) is 0 Å². The maximum absolute atomic E-state index is 11.3. The number of aromatic nitrogens is 3. The van der Waals surface area contributed by atoms with E-state index in [4.69, 9.17) is 9.88 Å². The van der Waals surface area contributed by atoms with Crippen molar-refractivity contribution in [2.45, 2.75) is 23.6 Å². The Morgan fingerprint density at radius 1 is 1.15 bits per heavy atom. The highest BCUT2D eigenvalue weighted by molar-refractivity contribution is 7.91. The molecule has 1 aromatic carbocycles. The van der Waals surface area contributed by atoms with Crippen molar-refractivity contribution in [1.82, 2.24) is 19.5 Å². The van der Waals surface area contributed by atoms with Crippen molar-refractivity contribution in [3.05, 3.63) is 30.5 Å². The molecule has 1 aliphatic rings. The fraction of sp³-hybridized carbons (Fsp3) is 0.412. The van der Waals surface area contributed by atoms with Crippen LogP contribution in [0.3, 0.4) is 0 Å². The number of sulfonamides is 1. The average molecular weight is 408 g/mol. The van der Waals surface area contributed by atoms with Crippen molar-refractivity contribution < 1.29 is 13.2 Å². The summed E-state index contributed by atoms with van der Waals surface area (Å²) < 4.78 is 29.8. The zero-order valence-electron chi connectivity index (χ0n) is 14.7. The highest BCUT2D eigenvalue weighted by atomic mass is 32.2. The van der Waals surface area contributed by atoms with Gasteiger partial charge in [0, 0.05) is 12.1 Å². The van der Waals surface area contributed by atoms with Gasteiger partial charge in [-0.3, -0.25) is 4.90 Å². The van der Waals surface area contributed by atoms with Crippen LogP contribution in [0, 0.1) is 0 Å². The molecule has 0 aliphatic carbocycles. The average Bonchev–Trinajstić information content (AvgIpc) is 3.22. The SMILES string of the molecule is NS(=O)(=O)c1nn2cc(-c3ccc(OCCN4CCCCC4)cc3)nc2s1. The van der Waals surface area contributed by atoms with E-state index >= 15 is 0 Å². The van der Waals surface area contributed by atoms with Crippen LogP contribution in [0.15, 0.2) is 34.8 Å². The number of piperidine rings is 1. The van der Waals surface area contributed by atoms with Gasteiger partial charge in [-0.05, 0) is 50.2 Å². The van der Waals surface area contributed by atoms with Gasteiger partial charge in [0.15, 0.2) is 0 Å². The molecule has 2 aromatic heterocycles. The van der Waals surface area contributed by atoms with Crippen LogP contribution in [-0.2, 0) is 10.0 Å². The molecule has 0 amide bonds. The van der Waals surface area contributed by atoms with E-state index in [0.29, 0.717) is 11.6 Å². The third-order valence-corrected chi connectivity index (χ3v) is 6.78. The molecule has 0 bridgehead atoms. The van der Waals surface area contributed by atoms with Crippen LogP contribution >= 0.6 is 11.3 Å². The van der Waals surface area contributed by atoms with E-state index in [1.165, 1.54) is 36.9 Å². The number of nitrogens with two attached hydrogens (primary N) is 1. The van der Waals surface area contributed by atoms with Gasteiger partial charge in [-0.2, -0.15) is 0 Å². The summed E-state index contributed by atoms with van der Waals surface area (Å²) in [7, 11) is -3.81. The zero-order valence-corrected chi connectivity index (χ0v) is 16.4. The van der Waals surface area contributed by atoms with Crippen molar-refractivity contribution >= 4 is 26.3 Å². The second-order valence-corrected chi connectivity index (χ2v) is 9.23. The minimum atomic E-state index is -3.81. The quantitative estimate of drug-likeness (QED) is 0.670. The fourth-order valence-corrected chi connectivity index (χ4v) is 4.64. The second kappa shape index (κ2) is 7.55. The molecule has 1 fully saturated rings. The molecule has 0 saturated carbocycles. The molecule has 0 spiro atoms. The summed E-state index contributed by atoms with van der Waals surface area (Å²) in [5.41, 5.74) is 1.63. The number of hydrogen-bond donors (Lipinski definition) is 1. The Hall–Kier alpha value is -2.01. The van der Waals surface area contributed by atoms with Crippen molar-refractivity contribution in [2.75, 3.05) is 26.2 Å². The summed E-state index contributed by atoms with van der Waals surface area (Å²) in [4.78, 5) is 7.35. The maximum Gasteiger partial charge on any atom is 0.267 e.